The average molecular weight is 282 g/mol. The quantitative estimate of drug-likeness (QED) is 0.893. The van der Waals surface area contributed by atoms with E-state index in [1.54, 1.807) is 6.07 Å². The smallest absolute Gasteiger partial charge is 0.129 e. The van der Waals surface area contributed by atoms with Gasteiger partial charge in [-0.25, -0.2) is 4.39 Å². The maximum absolute atomic E-state index is 13.3. The first-order chi connectivity index (χ1) is 10.0. The van der Waals surface area contributed by atoms with Gasteiger partial charge in [-0.05, 0) is 34.7 Å². The molecule has 0 saturated carbocycles. The van der Waals surface area contributed by atoms with Crippen LogP contribution in [0.3, 0.4) is 0 Å². The van der Waals surface area contributed by atoms with E-state index in [0.29, 0.717) is 30.4 Å². The zero-order valence-corrected chi connectivity index (χ0v) is 12.4. The molecule has 0 unspecified atom stereocenters. The highest BCUT2D eigenvalue weighted by Crippen LogP contribution is 2.25. The van der Waals surface area contributed by atoms with Gasteiger partial charge in [-0.1, -0.05) is 44.2 Å². The lowest BCUT2D eigenvalue weighted by atomic mass is 10.0. The molecule has 0 spiro atoms. The summed E-state index contributed by atoms with van der Waals surface area (Å²) >= 11 is 0. The molecule has 21 heavy (non-hydrogen) atoms. The summed E-state index contributed by atoms with van der Waals surface area (Å²) < 4.78 is 13.3. The van der Waals surface area contributed by atoms with Gasteiger partial charge in [-0.15, -0.1) is 0 Å². The Morgan fingerprint density at radius 2 is 1.86 bits per heavy atom. The van der Waals surface area contributed by atoms with Crippen molar-refractivity contribution >= 4 is 5.84 Å². The standard InChI is InChI=1S/C18H19FN2/c1-12(2)14-5-3-13(4-6-14)10-21-11-15-7-8-16(19)9-17(15)18(21)20/h3-9,12,20H,10-11H2,1-2H3. The van der Waals surface area contributed by atoms with Gasteiger partial charge in [0.05, 0.1) is 0 Å². The van der Waals surface area contributed by atoms with Crippen molar-refractivity contribution in [2.75, 3.05) is 0 Å². The monoisotopic (exact) mass is 282 g/mol. The summed E-state index contributed by atoms with van der Waals surface area (Å²) in [5.74, 6) is 0.662. The van der Waals surface area contributed by atoms with Crippen LogP contribution in [0.5, 0.6) is 0 Å². The summed E-state index contributed by atoms with van der Waals surface area (Å²) in [5.41, 5.74) is 4.24. The Hall–Kier alpha value is -2.16. The third kappa shape index (κ3) is 2.68. The number of benzene rings is 2. The van der Waals surface area contributed by atoms with Crippen LogP contribution in [0.4, 0.5) is 4.39 Å². The summed E-state index contributed by atoms with van der Waals surface area (Å²) in [5, 5.41) is 8.20. The van der Waals surface area contributed by atoms with E-state index in [4.69, 9.17) is 5.41 Å². The number of hydrogen-bond acceptors (Lipinski definition) is 1. The van der Waals surface area contributed by atoms with Crippen LogP contribution >= 0.6 is 0 Å². The van der Waals surface area contributed by atoms with Crippen molar-refractivity contribution in [3.05, 3.63) is 70.5 Å². The molecule has 0 fully saturated rings. The molecule has 0 aromatic heterocycles. The fourth-order valence-electron chi connectivity index (χ4n) is 2.73. The van der Waals surface area contributed by atoms with Gasteiger partial charge in [-0.3, -0.25) is 5.41 Å². The fraction of sp³-hybridized carbons (Fsp3) is 0.278. The van der Waals surface area contributed by atoms with Crippen LogP contribution in [-0.4, -0.2) is 10.7 Å². The van der Waals surface area contributed by atoms with Crippen molar-refractivity contribution in [3.63, 3.8) is 0 Å². The molecule has 2 nitrogen and oxygen atoms in total. The molecule has 0 radical (unpaired) electrons. The summed E-state index contributed by atoms with van der Waals surface area (Å²) in [4.78, 5) is 1.98. The normalized spacial score (nSPS) is 13.9. The van der Waals surface area contributed by atoms with Crippen LogP contribution in [0.2, 0.25) is 0 Å². The van der Waals surface area contributed by atoms with E-state index >= 15 is 0 Å². The van der Waals surface area contributed by atoms with Gasteiger partial charge in [0.15, 0.2) is 0 Å². The molecule has 0 aliphatic carbocycles. The number of nitrogens with zero attached hydrogens (tertiary/aromatic N) is 1. The molecule has 0 saturated heterocycles. The van der Waals surface area contributed by atoms with Crippen molar-refractivity contribution in [3.8, 4) is 0 Å². The second kappa shape index (κ2) is 5.32. The highest BCUT2D eigenvalue weighted by Gasteiger charge is 2.24. The SMILES string of the molecule is CC(C)c1ccc(CN2Cc3ccc(F)cc3C2=N)cc1. The minimum atomic E-state index is -0.276. The fourth-order valence-corrected chi connectivity index (χ4v) is 2.73. The molecular formula is C18H19FN2. The Morgan fingerprint density at radius 3 is 2.52 bits per heavy atom. The number of halogens is 1. The van der Waals surface area contributed by atoms with E-state index in [9.17, 15) is 4.39 Å². The second-order valence-electron chi connectivity index (χ2n) is 5.90. The topological polar surface area (TPSA) is 27.1 Å². The average Bonchev–Trinajstić information content (AvgIpc) is 2.76. The maximum atomic E-state index is 13.3. The predicted molar refractivity (Wildman–Crippen MR) is 83.0 cm³/mol. The van der Waals surface area contributed by atoms with E-state index < -0.39 is 0 Å². The van der Waals surface area contributed by atoms with Gasteiger partial charge >= 0.3 is 0 Å². The van der Waals surface area contributed by atoms with E-state index in [-0.39, 0.29) is 5.82 Å². The van der Waals surface area contributed by atoms with Crippen molar-refractivity contribution in [1.82, 2.24) is 4.90 Å². The molecule has 3 rings (SSSR count). The summed E-state index contributed by atoms with van der Waals surface area (Å²) in [7, 11) is 0. The van der Waals surface area contributed by atoms with Crippen LogP contribution in [0.1, 0.15) is 42.0 Å². The first-order valence-corrected chi connectivity index (χ1v) is 7.25. The molecule has 1 N–H and O–H groups in total. The zero-order valence-electron chi connectivity index (χ0n) is 12.4. The third-order valence-electron chi connectivity index (χ3n) is 4.02. The van der Waals surface area contributed by atoms with Gasteiger partial charge in [0, 0.05) is 18.7 Å². The van der Waals surface area contributed by atoms with Crippen LogP contribution in [0.25, 0.3) is 0 Å². The van der Waals surface area contributed by atoms with E-state index in [1.165, 1.54) is 23.3 Å². The lowest BCUT2D eigenvalue weighted by Gasteiger charge is -2.18. The molecule has 0 amide bonds. The van der Waals surface area contributed by atoms with Crippen molar-refractivity contribution in [1.29, 1.82) is 5.41 Å². The zero-order chi connectivity index (χ0) is 15.0. The van der Waals surface area contributed by atoms with Crippen LogP contribution in [-0.2, 0) is 13.1 Å². The Balaban J connectivity index is 1.76. The number of rotatable bonds is 3. The van der Waals surface area contributed by atoms with E-state index in [2.05, 4.69) is 38.1 Å². The molecule has 1 aliphatic rings. The van der Waals surface area contributed by atoms with Crippen molar-refractivity contribution in [2.24, 2.45) is 0 Å². The number of amidine groups is 1. The molecule has 0 atom stereocenters. The lowest BCUT2D eigenvalue weighted by molar-refractivity contribution is 0.422. The number of hydrogen-bond donors (Lipinski definition) is 1. The molecule has 1 heterocycles. The highest BCUT2D eigenvalue weighted by molar-refractivity contribution is 6.00. The first kappa shape index (κ1) is 13.8. The minimum Gasteiger partial charge on any atom is -0.348 e. The van der Waals surface area contributed by atoms with Crippen molar-refractivity contribution in [2.45, 2.75) is 32.9 Å². The van der Waals surface area contributed by atoms with Gasteiger partial charge in [0.2, 0.25) is 0 Å². The second-order valence-corrected chi connectivity index (χ2v) is 5.90. The highest BCUT2D eigenvalue weighted by atomic mass is 19.1. The largest absolute Gasteiger partial charge is 0.348 e. The van der Waals surface area contributed by atoms with Crippen LogP contribution in [0, 0.1) is 11.2 Å². The molecule has 3 heteroatoms. The van der Waals surface area contributed by atoms with Crippen LogP contribution in [0.15, 0.2) is 42.5 Å². The van der Waals surface area contributed by atoms with E-state index in [1.807, 2.05) is 4.90 Å². The Kier molecular flexibility index (Phi) is 3.50. The molecular weight excluding hydrogens is 263 g/mol. The number of nitrogens with one attached hydrogen (secondary N) is 1. The number of fused-ring (bicyclic) bond motifs is 1. The Bertz CT molecular complexity index is 674. The van der Waals surface area contributed by atoms with Gasteiger partial charge in [0.25, 0.3) is 0 Å². The van der Waals surface area contributed by atoms with E-state index in [0.717, 1.165) is 5.56 Å². The minimum absolute atomic E-state index is 0.276. The van der Waals surface area contributed by atoms with Crippen LogP contribution < -0.4 is 0 Å². The Labute approximate surface area is 124 Å². The van der Waals surface area contributed by atoms with Crippen molar-refractivity contribution < 1.29 is 4.39 Å². The maximum Gasteiger partial charge on any atom is 0.129 e. The molecule has 2 aromatic carbocycles. The summed E-state index contributed by atoms with van der Waals surface area (Å²) in [6, 6.07) is 13.2. The molecule has 108 valence electrons. The van der Waals surface area contributed by atoms with Gasteiger partial charge in [0.1, 0.15) is 11.7 Å². The molecule has 2 aromatic rings. The van der Waals surface area contributed by atoms with Gasteiger partial charge in [-0.2, -0.15) is 0 Å². The molecule has 1 aliphatic heterocycles. The third-order valence-corrected chi connectivity index (χ3v) is 4.02. The first-order valence-electron chi connectivity index (χ1n) is 7.25. The molecule has 0 bridgehead atoms. The van der Waals surface area contributed by atoms with Gasteiger partial charge < -0.3 is 4.90 Å². The predicted octanol–water partition coefficient (Wildman–Crippen LogP) is 4.29. The lowest BCUT2D eigenvalue weighted by Crippen LogP contribution is -2.23. The summed E-state index contributed by atoms with van der Waals surface area (Å²) in [6.07, 6.45) is 0. The summed E-state index contributed by atoms with van der Waals surface area (Å²) in [6.45, 7) is 5.72. The Morgan fingerprint density at radius 1 is 1.14 bits per heavy atom.